The fraction of sp³-hybridized carbons (Fsp3) is 0.571. The van der Waals surface area contributed by atoms with Gasteiger partial charge in [-0.2, -0.15) is 0 Å². The molecule has 0 saturated heterocycles. The third kappa shape index (κ3) is 2.59. The zero-order valence-electron chi connectivity index (χ0n) is 11.0. The van der Waals surface area contributed by atoms with Crippen molar-refractivity contribution in [2.45, 2.75) is 37.5 Å². The van der Waals surface area contributed by atoms with Crippen LogP contribution in [0.25, 0.3) is 0 Å². The predicted molar refractivity (Wildman–Crippen MR) is 75.3 cm³/mol. The van der Waals surface area contributed by atoms with Gasteiger partial charge in [0.2, 0.25) is 0 Å². The second-order valence-electron chi connectivity index (χ2n) is 4.75. The first-order chi connectivity index (χ1) is 8.67. The van der Waals surface area contributed by atoms with Crippen molar-refractivity contribution < 1.29 is 8.95 Å². The highest BCUT2D eigenvalue weighted by Gasteiger charge is 2.30. The Kier molecular flexibility index (Phi) is 4.40. The molecule has 4 heteroatoms. The lowest BCUT2D eigenvalue weighted by Crippen LogP contribution is -2.35. The molecule has 0 saturated carbocycles. The van der Waals surface area contributed by atoms with Gasteiger partial charge in [-0.3, -0.25) is 4.21 Å². The number of hydrogen-bond acceptors (Lipinski definition) is 3. The van der Waals surface area contributed by atoms with Crippen molar-refractivity contribution in [3.63, 3.8) is 0 Å². The largest absolute Gasteiger partial charge is 0.497 e. The molecule has 0 bridgehead atoms. The van der Waals surface area contributed by atoms with Crippen LogP contribution in [0.15, 0.2) is 18.2 Å². The highest BCUT2D eigenvalue weighted by molar-refractivity contribution is 7.85. The normalized spacial score (nSPS) is 24.4. The Morgan fingerprint density at radius 3 is 2.94 bits per heavy atom. The minimum Gasteiger partial charge on any atom is -0.497 e. The Morgan fingerprint density at radius 2 is 2.28 bits per heavy atom. The summed E-state index contributed by atoms with van der Waals surface area (Å²) in [4.78, 5) is 0. The Hall–Kier alpha value is -0.870. The van der Waals surface area contributed by atoms with Crippen LogP contribution in [0.2, 0.25) is 0 Å². The number of hydrogen-bond donors (Lipinski definition) is 1. The first-order valence-corrected chi connectivity index (χ1v) is 7.85. The van der Waals surface area contributed by atoms with Gasteiger partial charge in [0.25, 0.3) is 0 Å². The molecular weight excluding hydrogens is 246 g/mol. The number of aryl methyl sites for hydroxylation is 1. The molecule has 0 heterocycles. The maximum atomic E-state index is 12.1. The van der Waals surface area contributed by atoms with Gasteiger partial charge in [-0.05, 0) is 42.5 Å². The van der Waals surface area contributed by atoms with Gasteiger partial charge in [-0.1, -0.05) is 13.0 Å². The molecular formula is C14H21NO2S. The van der Waals surface area contributed by atoms with Gasteiger partial charge >= 0.3 is 0 Å². The van der Waals surface area contributed by atoms with Crippen molar-refractivity contribution in [3.05, 3.63) is 29.3 Å². The van der Waals surface area contributed by atoms with Crippen molar-refractivity contribution in [2.75, 3.05) is 12.9 Å². The Labute approximate surface area is 111 Å². The second kappa shape index (κ2) is 5.85. The summed E-state index contributed by atoms with van der Waals surface area (Å²) in [6, 6.07) is 5.90. The van der Waals surface area contributed by atoms with Crippen LogP contribution in [0, 0.1) is 0 Å². The van der Waals surface area contributed by atoms with Crippen molar-refractivity contribution in [1.82, 2.24) is 0 Å². The molecule has 0 amide bonds. The molecule has 1 aromatic rings. The molecule has 0 aromatic heterocycles. The zero-order valence-corrected chi connectivity index (χ0v) is 11.8. The van der Waals surface area contributed by atoms with E-state index in [-0.39, 0.29) is 11.3 Å². The van der Waals surface area contributed by atoms with E-state index in [1.54, 1.807) is 7.11 Å². The molecule has 2 rings (SSSR count). The molecule has 1 aliphatic rings. The summed E-state index contributed by atoms with van der Waals surface area (Å²) in [5.41, 5.74) is 8.66. The van der Waals surface area contributed by atoms with Gasteiger partial charge in [0.15, 0.2) is 0 Å². The van der Waals surface area contributed by atoms with E-state index in [1.165, 1.54) is 5.56 Å². The van der Waals surface area contributed by atoms with E-state index in [1.807, 2.05) is 18.2 Å². The van der Waals surface area contributed by atoms with E-state index in [2.05, 4.69) is 6.92 Å². The molecule has 3 nitrogen and oxygen atoms in total. The minimum absolute atomic E-state index is 0.103. The Bertz CT molecular complexity index is 447. The highest BCUT2D eigenvalue weighted by atomic mass is 32.2. The van der Waals surface area contributed by atoms with Gasteiger partial charge in [-0.15, -0.1) is 0 Å². The van der Waals surface area contributed by atoms with Crippen LogP contribution in [0.1, 0.15) is 36.9 Å². The third-order valence-electron chi connectivity index (χ3n) is 3.55. The fourth-order valence-electron chi connectivity index (χ4n) is 2.58. The Morgan fingerprint density at radius 1 is 1.50 bits per heavy atom. The van der Waals surface area contributed by atoms with E-state index in [0.717, 1.165) is 36.3 Å². The molecule has 1 aromatic carbocycles. The number of fused-ring (bicyclic) bond motifs is 1. The smallest absolute Gasteiger partial charge is 0.119 e. The van der Waals surface area contributed by atoms with Crippen molar-refractivity contribution >= 4 is 10.8 Å². The van der Waals surface area contributed by atoms with Crippen LogP contribution in [0.4, 0.5) is 0 Å². The molecule has 1 aliphatic carbocycles. The Balaban J connectivity index is 2.23. The standard InChI is InChI=1S/C14H21NO2S/c1-3-8-18(16)13-7-4-10-9-11(17-2)5-6-12(10)14(13)15/h5-6,9,13-14H,3-4,7-8,15H2,1-2H3. The second-order valence-corrected chi connectivity index (χ2v) is 6.53. The fourth-order valence-corrected chi connectivity index (χ4v) is 4.14. The first kappa shape index (κ1) is 13.6. The SMILES string of the molecule is CCCS(=O)C1CCc2cc(OC)ccc2C1N. The third-order valence-corrected chi connectivity index (χ3v) is 5.57. The molecule has 18 heavy (non-hydrogen) atoms. The van der Waals surface area contributed by atoms with E-state index in [4.69, 9.17) is 10.5 Å². The number of benzene rings is 1. The van der Waals surface area contributed by atoms with E-state index in [0.29, 0.717) is 0 Å². The number of nitrogens with two attached hydrogens (primary N) is 1. The summed E-state index contributed by atoms with van der Waals surface area (Å²) in [6.45, 7) is 2.06. The average Bonchev–Trinajstić information content (AvgIpc) is 2.38. The molecule has 0 spiro atoms. The highest BCUT2D eigenvalue weighted by Crippen LogP contribution is 2.33. The van der Waals surface area contributed by atoms with E-state index >= 15 is 0 Å². The zero-order chi connectivity index (χ0) is 13.1. The monoisotopic (exact) mass is 267 g/mol. The van der Waals surface area contributed by atoms with Gasteiger partial charge < -0.3 is 10.5 Å². The summed E-state index contributed by atoms with van der Waals surface area (Å²) in [6.07, 6.45) is 2.81. The summed E-state index contributed by atoms with van der Waals surface area (Å²) < 4.78 is 17.4. The lowest BCUT2D eigenvalue weighted by molar-refractivity contribution is 0.413. The molecule has 3 unspecified atom stereocenters. The van der Waals surface area contributed by atoms with Gasteiger partial charge in [0, 0.05) is 22.6 Å². The predicted octanol–water partition coefficient (Wildman–Crippen LogP) is 2.17. The summed E-state index contributed by atoms with van der Waals surface area (Å²) in [5.74, 6) is 1.62. The molecule has 0 aliphatic heterocycles. The van der Waals surface area contributed by atoms with E-state index < -0.39 is 10.8 Å². The molecule has 100 valence electrons. The quantitative estimate of drug-likeness (QED) is 0.909. The first-order valence-electron chi connectivity index (χ1n) is 6.47. The maximum absolute atomic E-state index is 12.1. The molecule has 0 radical (unpaired) electrons. The van der Waals surface area contributed by atoms with Crippen LogP contribution in [-0.2, 0) is 17.2 Å². The van der Waals surface area contributed by atoms with Gasteiger partial charge in [0.1, 0.15) is 5.75 Å². The average molecular weight is 267 g/mol. The number of ether oxygens (including phenoxy) is 1. The maximum Gasteiger partial charge on any atom is 0.119 e. The lowest BCUT2D eigenvalue weighted by atomic mass is 9.87. The van der Waals surface area contributed by atoms with Crippen LogP contribution in [-0.4, -0.2) is 22.3 Å². The van der Waals surface area contributed by atoms with Crippen LogP contribution in [0.5, 0.6) is 5.75 Å². The van der Waals surface area contributed by atoms with Gasteiger partial charge in [-0.25, -0.2) is 0 Å². The summed E-state index contributed by atoms with van der Waals surface area (Å²) in [5, 5.41) is 0.103. The van der Waals surface area contributed by atoms with Crippen molar-refractivity contribution in [2.24, 2.45) is 5.73 Å². The van der Waals surface area contributed by atoms with Crippen LogP contribution >= 0.6 is 0 Å². The van der Waals surface area contributed by atoms with E-state index in [9.17, 15) is 4.21 Å². The lowest BCUT2D eigenvalue weighted by Gasteiger charge is -2.30. The summed E-state index contributed by atoms with van der Waals surface area (Å²) in [7, 11) is 0.863. The van der Waals surface area contributed by atoms with Crippen LogP contribution in [0.3, 0.4) is 0 Å². The molecule has 2 N–H and O–H groups in total. The minimum atomic E-state index is -0.807. The van der Waals surface area contributed by atoms with Crippen LogP contribution < -0.4 is 10.5 Å². The van der Waals surface area contributed by atoms with Crippen molar-refractivity contribution in [1.29, 1.82) is 0 Å². The summed E-state index contributed by atoms with van der Waals surface area (Å²) >= 11 is 0. The number of rotatable bonds is 4. The molecule has 0 fully saturated rings. The number of methoxy groups -OCH3 is 1. The topological polar surface area (TPSA) is 52.3 Å². The molecule has 3 atom stereocenters. The van der Waals surface area contributed by atoms with Crippen molar-refractivity contribution in [3.8, 4) is 5.75 Å². The van der Waals surface area contributed by atoms with Gasteiger partial charge in [0.05, 0.1) is 12.4 Å².